The van der Waals surface area contributed by atoms with E-state index in [0.29, 0.717) is 37.8 Å². The summed E-state index contributed by atoms with van der Waals surface area (Å²) >= 11 is 0. The Kier molecular flexibility index (Phi) is 4.69. The van der Waals surface area contributed by atoms with Gasteiger partial charge in [0.15, 0.2) is 11.4 Å². The van der Waals surface area contributed by atoms with E-state index in [1.165, 1.54) is 11.8 Å². The number of aromatic nitrogens is 4. The second-order valence-electron chi connectivity index (χ2n) is 7.88. The number of benzene rings is 1. The molecule has 8 nitrogen and oxygen atoms in total. The molecule has 8 heteroatoms. The zero-order valence-electron chi connectivity index (χ0n) is 17.9. The average Bonchev–Trinajstić information content (AvgIpc) is 3.42. The van der Waals surface area contributed by atoms with Gasteiger partial charge in [-0.1, -0.05) is 17.7 Å². The minimum Gasteiger partial charge on any atom is -0.459 e. The standard InChI is InChI=1S/C23H24N6O2/c1-15-6-8-18(9-7-15)29-22-20(16(2)26-29)21(24-17(3)25-22)27-10-12-28(13-11-27)23(30)19-5-4-14-31-19/h4-9,14H,10-13H2,1-3H3. The molecule has 0 bridgehead atoms. The van der Waals surface area contributed by atoms with Crippen LogP contribution < -0.4 is 4.90 Å². The molecule has 0 spiro atoms. The zero-order valence-corrected chi connectivity index (χ0v) is 17.9. The summed E-state index contributed by atoms with van der Waals surface area (Å²) in [4.78, 5) is 26.1. The molecule has 5 rings (SSSR count). The number of furan rings is 1. The Bertz CT molecular complexity index is 1240. The van der Waals surface area contributed by atoms with Gasteiger partial charge in [-0.15, -0.1) is 0 Å². The topological polar surface area (TPSA) is 80.3 Å². The second kappa shape index (κ2) is 7.54. The maximum Gasteiger partial charge on any atom is 0.289 e. The number of carbonyl (C=O) groups is 1. The lowest BCUT2D eigenvalue weighted by atomic mass is 10.2. The van der Waals surface area contributed by atoms with Crippen LogP contribution in [0.25, 0.3) is 16.7 Å². The first kappa shape index (κ1) is 19.3. The Morgan fingerprint density at radius 2 is 1.71 bits per heavy atom. The summed E-state index contributed by atoms with van der Waals surface area (Å²) in [7, 11) is 0. The highest BCUT2D eigenvalue weighted by Gasteiger charge is 2.27. The van der Waals surface area contributed by atoms with Crippen LogP contribution in [0.5, 0.6) is 0 Å². The van der Waals surface area contributed by atoms with Gasteiger partial charge in [0.1, 0.15) is 11.6 Å². The number of rotatable bonds is 3. The summed E-state index contributed by atoms with van der Waals surface area (Å²) in [5.74, 6) is 1.88. The van der Waals surface area contributed by atoms with E-state index >= 15 is 0 Å². The number of piperazine rings is 1. The maximum atomic E-state index is 12.6. The normalized spacial score (nSPS) is 14.4. The van der Waals surface area contributed by atoms with Gasteiger partial charge >= 0.3 is 0 Å². The van der Waals surface area contributed by atoms with E-state index in [9.17, 15) is 4.79 Å². The summed E-state index contributed by atoms with van der Waals surface area (Å²) in [6.45, 7) is 8.55. The lowest BCUT2D eigenvalue weighted by molar-refractivity contribution is 0.0714. The second-order valence-corrected chi connectivity index (χ2v) is 7.88. The molecule has 1 aliphatic heterocycles. The molecule has 0 radical (unpaired) electrons. The van der Waals surface area contributed by atoms with Crippen molar-refractivity contribution < 1.29 is 9.21 Å². The van der Waals surface area contributed by atoms with E-state index < -0.39 is 0 Å². The minimum absolute atomic E-state index is 0.0722. The van der Waals surface area contributed by atoms with Gasteiger partial charge in [-0.25, -0.2) is 14.6 Å². The molecule has 31 heavy (non-hydrogen) atoms. The van der Waals surface area contributed by atoms with Crippen molar-refractivity contribution in [2.75, 3.05) is 31.1 Å². The minimum atomic E-state index is -0.0722. The number of aryl methyl sites for hydroxylation is 3. The van der Waals surface area contributed by atoms with Crippen LogP contribution in [0.4, 0.5) is 5.82 Å². The SMILES string of the molecule is Cc1ccc(-n2nc(C)c3c(N4CCN(C(=O)c5ccco5)CC4)nc(C)nc32)cc1. The fourth-order valence-electron chi connectivity index (χ4n) is 4.04. The molecule has 4 heterocycles. The number of hydrogen-bond acceptors (Lipinski definition) is 6. The molecule has 4 aromatic rings. The van der Waals surface area contributed by atoms with Gasteiger partial charge in [0.05, 0.1) is 23.0 Å². The summed E-state index contributed by atoms with van der Waals surface area (Å²) in [5, 5.41) is 5.73. The highest BCUT2D eigenvalue weighted by molar-refractivity contribution is 5.92. The summed E-state index contributed by atoms with van der Waals surface area (Å²) in [6, 6.07) is 11.7. The number of carbonyl (C=O) groups excluding carboxylic acids is 1. The predicted molar refractivity (Wildman–Crippen MR) is 118 cm³/mol. The van der Waals surface area contributed by atoms with Crippen molar-refractivity contribution in [2.45, 2.75) is 20.8 Å². The number of nitrogens with zero attached hydrogens (tertiary/aromatic N) is 6. The zero-order chi connectivity index (χ0) is 21.5. The summed E-state index contributed by atoms with van der Waals surface area (Å²) in [5.41, 5.74) is 3.87. The molecule has 1 aromatic carbocycles. The molecule has 1 fully saturated rings. The smallest absolute Gasteiger partial charge is 0.289 e. The number of anilines is 1. The Morgan fingerprint density at radius 3 is 2.39 bits per heavy atom. The molecule has 0 atom stereocenters. The van der Waals surface area contributed by atoms with Crippen LogP contribution in [0, 0.1) is 20.8 Å². The third-order valence-electron chi connectivity index (χ3n) is 5.67. The van der Waals surface area contributed by atoms with Crippen LogP contribution in [0.1, 0.15) is 27.6 Å². The molecule has 1 saturated heterocycles. The van der Waals surface area contributed by atoms with Crippen molar-refractivity contribution in [3.8, 4) is 5.69 Å². The molecular formula is C23H24N6O2. The van der Waals surface area contributed by atoms with Gasteiger partial charge in [-0.2, -0.15) is 5.10 Å². The first-order valence-corrected chi connectivity index (χ1v) is 10.4. The highest BCUT2D eigenvalue weighted by Crippen LogP contribution is 2.29. The van der Waals surface area contributed by atoms with Crippen molar-refractivity contribution in [1.82, 2.24) is 24.6 Å². The molecule has 1 amide bonds. The van der Waals surface area contributed by atoms with Crippen molar-refractivity contribution in [3.05, 3.63) is 65.5 Å². The van der Waals surface area contributed by atoms with Crippen LogP contribution in [0.3, 0.4) is 0 Å². The van der Waals surface area contributed by atoms with Gasteiger partial charge in [-0.05, 0) is 45.0 Å². The lowest BCUT2D eigenvalue weighted by Gasteiger charge is -2.35. The van der Waals surface area contributed by atoms with E-state index in [0.717, 1.165) is 28.2 Å². The van der Waals surface area contributed by atoms with Gasteiger partial charge < -0.3 is 14.2 Å². The Hall–Kier alpha value is -3.68. The maximum absolute atomic E-state index is 12.6. The Balaban J connectivity index is 1.47. The van der Waals surface area contributed by atoms with E-state index in [4.69, 9.17) is 19.5 Å². The van der Waals surface area contributed by atoms with E-state index in [1.54, 1.807) is 12.1 Å². The van der Waals surface area contributed by atoms with Crippen molar-refractivity contribution in [1.29, 1.82) is 0 Å². The Morgan fingerprint density at radius 1 is 0.968 bits per heavy atom. The summed E-state index contributed by atoms with van der Waals surface area (Å²) in [6.07, 6.45) is 1.53. The molecule has 1 aliphatic rings. The van der Waals surface area contributed by atoms with Crippen molar-refractivity contribution in [2.24, 2.45) is 0 Å². The third kappa shape index (κ3) is 3.43. The van der Waals surface area contributed by atoms with Crippen LogP contribution in [0.15, 0.2) is 47.1 Å². The largest absolute Gasteiger partial charge is 0.459 e. The van der Waals surface area contributed by atoms with Gasteiger partial charge in [0.2, 0.25) is 0 Å². The number of fused-ring (bicyclic) bond motifs is 1. The van der Waals surface area contributed by atoms with Crippen molar-refractivity contribution >= 4 is 22.8 Å². The van der Waals surface area contributed by atoms with Crippen LogP contribution in [0.2, 0.25) is 0 Å². The van der Waals surface area contributed by atoms with Gasteiger partial charge in [0.25, 0.3) is 5.91 Å². The van der Waals surface area contributed by atoms with Crippen molar-refractivity contribution in [3.63, 3.8) is 0 Å². The highest BCUT2D eigenvalue weighted by atomic mass is 16.3. The van der Waals surface area contributed by atoms with E-state index in [1.807, 2.05) is 23.4 Å². The molecule has 3 aromatic heterocycles. The van der Waals surface area contributed by atoms with Gasteiger partial charge in [-0.3, -0.25) is 4.79 Å². The molecule has 0 saturated carbocycles. The average molecular weight is 416 g/mol. The van der Waals surface area contributed by atoms with Crippen LogP contribution in [-0.4, -0.2) is 56.7 Å². The van der Waals surface area contributed by atoms with E-state index in [2.05, 4.69) is 36.1 Å². The Labute approximate surface area is 180 Å². The van der Waals surface area contributed by atoms with Gasteiger partial charge in [0, 0.05) is 26.2 Å². The lowest BCUT2D eigenvalue weighted by Crippen LogP contribution is -2.49. The molecule has 0 aliphatic carbocycles. The molecule has 0 unspecified atom stereocenters. The fraction of sp³-hybridized carbons (Fsp3) is 0.304. The predicted octanol–water partition coefficient (Wildman–Crippen LogP) is 3.30. The molecular weight excluding hydrogens is 392 g/mol. The first-order valence-electron chi connectivity index (χ1n) is 10.4. The fourth-order valence-corrected chi connectivity index (χ4v) is 4.04. The molecule has 0 N–H and O–H groups in total. The third-order valence-corrected chi connectivity index (χ3v) is 5.67. The van der Waals surface area contributed by atoms with E-state index in [-0.39, 0.29) is 5.91 Å². The van der Waals surface area contributed by atoms with Crippen LogP contribution >= 0.6 is 0 Å². The first-order chi connectivity index (χ1) is 15.0. The summed E-state index contributed by atoms with van der Waals surface area (Å²) < 4.78 is 7.15. The molecule has 158 valence electrons. The number of hydrogen-bond donors (Lipinski definition) is 0. The number of amides is 1. The quantitative estimate of drug-likeness (QED) is 0.510. The van der Waals surface area contributed by atoms with Crippen LogP contribution in [-0.2, 0) is 0 Å². The monoisotopic (exact) mass is 416 g/mol.